The number of thioether (sulfide) groups is 1. The summed E-state index contributed by atoms with van der Waals surface area (Å²) in [6.45, 7) is 1.82. The summed E-state index contributed by atoms with van der Waals surface area (Å²) in [6, 6.07) is 9.76. The van der Waals surface area contributed by atoms with Crippen LogP contribution in [0.15, 0.2) is 52.3 Å². The molecule has 0 radical (unpaired) electrons. The molecule has 0 saturated heterocycles. The van der Waals surface area contributed by atoms with Crippen molar-refractivity contribution >= 4 is 39.1 Å². The van der Waals surface area contributed by atoms with Gasteiger partial charge in [0, 0.05) is 16.6 Å². The van der Waals surface area contributed by atoms with Crippen LogP contribution >= 0.6 is 11.8 Å². The number of halogens is 1. The van der Waals surface area contributed by atoms with E-state index in [0.717, 1.165) is 11.0 Å². The van der Waals surface area contributed by atoms with E-state index < -0.39 is 15.8 Å². The fraction of sp³-hybridized carbons (Fsp3) is 0.188. The van der Waals surface area contributed by atoms with E-state index in [9.17, 15) is 17.6 Å². The third-order valence-electron chi connectivity index (χ3n) is 3.53. The lowest BCUT2D eigenvalue weighted by atomic mass is 10.2. The predicted molar refractivity (Wildman–Crippen MR) is 92.2 cm³/mol. The number of rotatable bonds is 3. The summed E-state index contributed by atoms with van der Waals surface area (Å²) in [7, 11) is -3.88. The summed E-state index contributed by atoms with van der Waals surface area (Å²) in [6.07, 6.45) is 0. The van der Waals surface area contributed by atoms with E-state index in [0.29, 0.717) is 11.4 Å². The van der Waals surface area contributed by atoms with Gasteiger partial charge in [0.25, 0.3) is 10.0 Å². The van der Waals surface area contributed by atoms with Crippen LogP contribution in [0.1, 0.15) is 6.92 Å². The molecular formula is C16H15FN2O3S2. The van der Waals surface area contributed by atoms with E-state index in [-0.39, 0.29) is 22.4 Å². The summed E-state index contributed by atoms with van der Waals surface area (Å²) in [5.41, 5.74) is 0.605. The zero-order chi connectivity index (χ0) is 17.3. The van der Waals surface area contributed by atoms with Crippen molar-refractivity contribution in [1.29, 1.82) is 0 Å². The van der Waals surface area contributed by atoms with Gasteiger partial charge in [-0.2, -0.15) is 0 Å². The normalized spacial score (nSPS) is 17.6. The Morgan fingerprint density at radius 2 is 2.04 bits per heavy atom. The predicted octanol–water partition coefficient (Wildman–Crippen LogP) is 3.31. The van der Waals surface area contributed by atoms with E-state index >= 15 is 0 Å². The maximum atomic E-state index is 13.2. The van der Waals surface area contributed by atoms with Crippen LogP contribution in [-0.4, -0.2) is 20.1 Å². The van der Waals surface area contributed by atoms with Gasteiger partial charge in [-0.15, -0.1) is 11.8 Å². The second-order valence-electron chi connectivity index (χ2n) is 5.48. The minimum atomic E-state index is -3.88. The van der Waals surface area contributed by atoms with E-state index in [1.807, 2.05) is 6.92 Å². The largest absolute Gasteiger partial charge is 0.325 e. The van der Waals surface area contributed by atoms with Crippen molar-refractivity contribution in [3.05, 3.63) is 48.3 Å². The molecule has 0 bridgehead atoms. The molecule has 5 nitrogen and oxygen atoms in total. The van der Waals surface area contributed by atoms with Crippen LogP contribution in [0.5, 0.6) is 0 Å². The molecule has 2 N–H and O–H groups in total. The average molecular weight is 366 g/mol. The Kier molecular flexibility index (Phi) is 4.51. The van der Waals surface area contributed by atoms with Crippen LogP contribution in [0.25, 0.3) is 0 Å². The number of fused-ring (bicyclic) bond motifs is 1. The summed E-state index contributed by atoms with van der Waals surface area (Å²) in [4.78, 5) is 12.8. The van der Waals surface area contributed by atoms with E-state index in [2.05, 4.69) is 10.0 Å². The van der Waals surface area contributed by atoms with Crippen molar-refractivity contribution < 1.29 is 17.6 Å². The van der Waals surface area contributed by atoms with Gasteiger partial charge in [-0.1, -0.05) is 13.0 Å². The molecule has 2 aromatic rings. The minimum absolute atomic E-state index is 0.000893. The molecule has 0 aliphatic carbocycles. The van der Waals surface area contributed by atoms with Crippen molar-refractivity contribution in [3.8, 4) is 0 Å². The van der Waals surface area contributed by atoms with Gasteiger partial charge >= 0.3 is 0 Å². The second-order valence-corrected chi connectivity index (χ2v) is 8.22. The number of anilines is 2. The van der Waals surface area contributed by atoms with Gasteiger partial charge in [-0.05, 0) is 36.4 Å². The summed E-state index contributed by atoms with van der Waals surface area (Å²) in [5, 5.41) is 2.75. The van der Waals surface area contributed by atoms with E-state index in [1.54, 1.807) is 6.07 Å². The van der Waals surface area contributed by atoms with Crippen molar-refractivity contribution in [3.63, 3.8) is 0 Å². The molecule has 1 aliphatic rings. The van der Waals surface area contributed by atoms with Gasteiger partial charge in [-0.3, -0.25) is 9.52 Å². The average Bonchev–Trinajstić information content (AvgIpc) is 2.66. The molecule has 0 fully saturated rings. The first-order valence-electron chi connectivity index (χ1n) is 7.21. The second kappa shape index (κ2) is 6.45. The highest BCUT2D eigenvalue weighted by Gasteiger charge is 2.23. The van der Waals surface area contributed by atoms with E-state index in [4.69, 9.17) is 0 Å². The number of carbonyl (C=O) groups excluding carboxylic acids is 1. The molecule has 0 aromatic heterocycles. The van der Waals surface area contributed by atoms with Gasteiger partial charge in [0.05, 0.1) is 16.3 Å². The molecule has 8 heteroatoms. The topological polar surface area (TPSA) is 75.3 Å². The third kappa shape index (κ3) is 3.54. The lowest BCUT2D eigenvalue weighted by Gasteiger charge is -2.11. The molecule has 1 heterocycles. The Bertz CT molecular complexity index is 900. The van der Waals surface area contributed by atoms with Gasteiger partial charge in [0.1, 0.15) is 5.82 Å². The Labute approximate surface area is 143 Å². The number of hydrogen-bond acceptors (Lipinski definition) is 4. The Morgan fingerprint density at radius 1 is 1.25 bits per heavy atom. The quantitative estimate of drug-likeness (QED) is 0.874. The van der Waals surface area contributed by atoms with Gasteiger partial charge in [-0.25, -0.2) is 12.8 Å². The summed E-state index contributed by atoms with van der Waals surface area (Å²) < 4.78 is 40.5. The molecule has 2 aromatic carbocycles. The highest BCUT2D eigenvalue weighted by atomic mass is 32.2. The first kappa shape index (κ1) is 16.8. The standard InChI is InChI=1S/C16H15FN2O3S2/c1-10-9-23-15-6-5-13(8-14(15)18-16(10)20)24(21,22)19-12-4-2-3-11(17)7-12/h2-8,10,19H,9H2,1H3,(H,18,20). The highest BCUT2D eigenvalue weighted by Crippen LogP contribution is 2.34. The first-order valence-corrected chi connectivity index (χ1v) is 9.68. The number of sulfonamides is 1. The number of carbonyl (C=O) groups is 1. The third-order valence-corrected chi connectivity index (χ3v) is 6.25. The minimum Gasteiger partial charge on any atom is -0.325 e. The number of nitrogens with one attached hydrogen (secondary N) is 2. The molecule has 126 valence electrons. The van der Waals surface area contributed by atoms with Crippen LogP contribution < -0.4 is 10.0 Å². The molecule has 24 heavy (non-hydrogen) atoms. The van der Waals surface area contributed by atoms with Gasteiger partial charge in [0.15, 0.2) is 0 Å². The number of benzene rings is 2. The van der Waals surface area contributed by atoms with Gasteiger partial charge < -0.3 is 5.32 Å². The van der Waals surface area contributed by atoms with Crippen LogP contribution in [-0.2, 0) is 14.8 Å². The molecule has 0 spiro atoms. The molecule has 1 unspecified atom stereocenters. The monoisotopic (exact) mass is 366 g/mol. The lowest BCUT2D eigenvalue weighted by Crippen LogP contribution is -2.20. The molecule has 1 aliphatic heterocycles. The molecular weight excluding hydrogens is 351 g/mol. The Morgan fingerprint density at radius 3 is 2.79 bits per heavy atom. The maximum Gasteiger partial charge on any atom is 0.261 e. The van der Waals surface area contributed by atoms with Crippen molar-refractivity contribution in [2.24, 2.45) is 5.92 Å². The smallest absolute Gasteiger partial charge is 0.261 e. The van der Waals surface area contributed by atoms with Gasteiger partial charge in [0.2, 0.25) is 5.91 Å². The number of amides is 1. The number of hydrogen-bond donors (Lipinski definition) is 2. The molecule has 1 amide bonds. The lowest BCUT2D eigenvalue weighted by molar-refractivity contribution is -0.118. The molecule has 1 atom stereocenters. The molecule has 3 rings (SSSR count). The maximum absolute atomic E-state index is 13.2. The van der Waals surface area contributed by atoms with Crippen molar-refractivity contribution in [1.82, 2.24) is 0 Å². The Hall–Kier alpha value is -2.06. The van der Waals surface area contributed by atoms with Crippen LogP contribution in [0.4, 0.5) is 15.8 Å². The Balaban J connectivity index is 1.92. The fourth-order valence-electron chi connectivity index (χ4n) is 2.21. The summed E-state index contributed by atoms with van der Waals surface area (Å²) in [5.74, 6) is -0.205. The molecule has 0 saturated carbocycles. The SMILES string of the molecule is CC1CSc2ccc(S(=O)(=O)Nc3cccc(F)c3)cc2NC1=O. The fourth-order valence-corrected chi connectivity index (χ4v) is 4.30. The van der Waals surface area contributed by atoms with Crippen LogP contribution in [0.3, 0.4) is 0 Å². The van der Waals surface area contributed by atoms with Crippen LogP contribution in [0, 0.1) is 11.7 Å². The van der Waals surface area contributed by atoms with E-state index in [1.165, 1.54) is 42.1 Å². The summed E-state index contributed by atoms with van der Waals surface area (Å²) >= 11 is 1.50. The highest BCUT2D eigenvalue weighted by molar-refractivity contribution is 7.99. The zero-order valence-corrected chi connectivity index (χ0v) is 14.4. The van der Waals surface area contributed by atoms with Crippen LogP contribution in [0.2, 0.25) is 0 Å². The van der Waals surface area contributed by atoms with Crippen molar-refractivity contribution in [2.75, 3.05) is 15.8 Å². The zero-order valence-electron chi connectivity index (χ0n) is 12.7. The first-order chi connectivity index (χ1) is 11.3. The van der Waals surface area contributed by atoms with Crippen molar-refractivity contribution in [2.45, 2.75) is 16.7 Å².